The summed E-state index contributed by atoms with van der Waals surface area (Å²) in [5.41, 5.74) is 0. The minimum Gasteiger partial charge on any atom is -0.481 e. The molecule has 2 aromatic carbocycles. The molecule has 1 heterocycles. The Morgan fingerprint density at radius 2 is 1.57 bits per heavy atom. The maximum Gasteiger partial charge on any atom is 0.263 e. The van der Waals surface area contributed by atoms with Gasteiger partial charge in [-0.3, -0.25) is 4.79 Å². The molecule has 0 aromatic heterocycles. The fourth-order valence-corrected chi connectivity index (χ4v) is 4.95. The maximum atomic E-state index is 12.7. The largest absolute Gasteiger partial charge is 0.481 e. The van der Waals surface area contributed by atoms with Gasteiger partial charge < -0.3 is 9.64 Å². The average Bonchev–Trinajstić information content (AvgIpc) is 2.67. The third-order valence-corrected chi connectivity index (χ3v) is 6.78. The Morgan fingerprint density at radius 1 is 1.00 bits per heavy atom. The summed E-state index contributed by atoms with van der Waals surface area (Å²) in [4.78, 5) is 14.5. The predicted octanol–water partition coefficient (Wildman–Crippen LogP) is 3.29. The second-order valence-electron chi connectivity index (χ2n) is 6.41. The second-order valence-corrected chi connectivity index (χ2v) is 9.22. The lowest BCUT2D eigenvalue weighted by molar-refractivity contribution is -0.139. The van der Waals surface area contributed by atoms with Crippen LogP contribution in [0.3, 0.4) is 0 Å². The molecule has 6 nitrogen and oxygen atoms in total. The minimum absolute atomic E-state index is 0.215. The van der Waals surface area contributed by atoms with Crippen LogP contribution in [-0.4, -0.2) is 55.8 Å². The third kappa shape index (κ3) is 4.78. The molecule has 2 aromatic rings. The van der Waals surface area contributed by atoms with Crippen molar-refractivity contribution >= 4 is 39.1 Å². The van der Waals surface area contributed by atoms with E-state index in [-0.39, 0.29) is 23.9 Å². The van der Waals surface area contributed by atoms with Crippen LogP contribution in [0.2, 0.25) is 10.0 Å². The lowest BCUT2D eigenvalue weighted by Gasteiger charge is -2.35. The molecule has 0 spiro atoms. The van der Waals surface area contributed by atoms with Crippen LogP contribution in [0.15, 0.2) is 53.4 Å². The van der Waals surface area contributed by atoms with E-state index in [9.17, 15) is 13.2 Å². The number of sulfonamides is 1. The van der Waals surface area contributed by atoms with E-state index in [4.69, 9.17) is 27.9 Å². The molecule has 0 radical (unpaired) electrons. The smallest absolute Gasteiger partial charge is 0.263 e. The van der Waals surface area contributed by atoms with Gasteiger partial charge in [0.25, 0.3) is 5.91 Å². The Kier molecular flexibility index (Phi) is 6.50. The normalized spacial score (nSPS) is 16.6. The molecule has 1 aliphatic heterocycles. The van der Waals surface area contributed by atoms with Crippen molar-refractivity contribution in [2.24, 2.45) is 0 Å². The Hall–Kier alpha value is -1.80. The molecule has 0 aliphatic carbocycles. The third-order valence-electron chi connectivity index (χ3n) is 4.43. The zero-order valence-electron chi connectivity index (χ0n) is 15.2. The van der Waals surface area contributed by atoms with Gasteiger partial charge >= 0.3 is 0 Å². The summed E-state index contributed by atoms with van der Waals surface area (Å²) in [5.74, 6) is 0.191. The topological polar surface area (TPSA) is 66.9 Å². The van der Waals surface area contributed by atoms with Gasteiger partial charge in [0.1, 0.15) is 5.75 Å². The van der Waals surface area contributed by atoms with Crippen LogP contribution in [0.4, 0.5) is 0 Å². The first-order chi connectivity index (χ1) is 13.3. The first-order valence-corrected chi connectivity index (χ1v) is 10.9. The van der Waals surface area contributed by atoms with Gasteiger partial charge in [-0.15, -0.1) is 0 Å². The number of hydrogen-bond acceptors (Lipinski definition) is 4. The Morgan fingerprint density at radius 3 is 2.14 bits per heavy atom. The number of carbonyl (C=O) groups is 1. The number of amides is 1. The van der Waals surface area contributed by atoms with Crippen molar-refractivity contribution in [3.63, 3.8) is 0 Å². The molecule has 1 aliphatic rings. The fraction of sp³-hybridized carbons (Fsp3) is 0.316. The molecule has 0 bridgehead atoms. The van der Waals surface area contributed by atoms with Crippen molar-refractivity contribution in [3.8, 4) is 5.75 Å². The van der Waals surface area contributed by atoms with Crippen LogP contribution in [-0.2, 0) is 14.8 Å². The van der Waals surface area contributed by atoms with Crippen LogP contribution in [0.5, 0.6) is 5.75 Å². The second kappa shape index (κ2) is 8.69. The van der Waals surface area contributed by atoms with Crippen LogP contribution in [0, 0.1) is 0 Å². The standard InChI is InChI=1S/C19H20Cl2N2O4S/c1-14(27-17-12-15(20)11-16(21)13-17)19(24)22-7-9-23(10-8-22)28(25,26)18-5-3-2-4-6-18/h2-6,11-14H,7-10H2,1H3. The molecule has 1 unspecified atom stereocenters. The Labute approximate surface area is 174 Å². The van der Waals surface area contributed by atoms with Crippen molar-refractivity contribution in [3.05, 3.63) is 58.6 Å². The molecular weight excluding hydrogens is 423 g/mol. The highest BCUT2D eigenvalue weighted by Gasteiger charge is 2.31. The Bertz CT molecular complexity index is 925. The van der Waals surface area contributed by atoms with E-state index >= 15 is 0 Å². The molecule has 3 rings (SSSR count). The molecule has 150 valence electrons. The quantitative estimate of drug-likeness (QED) is 0.712. The number of carbonyl (C=O) groups excluding carboxylic acids is 1. The number of ether oxygens (including phenoxy) is 1. The number of nitrogens with zero attached hydrogens (tertiary/aromatic N) is 2. The molecule has 9 heteroatoms. The summed E-state index contributed by atoms with van der Waals surface area (Å²) in [5, 5.41) is 0.837. The summed E-state index contributed by atoms with van der Waals surface area (Å²) in [6.07, 6.45) is -0.744. The van der Waals surface area contributed by atoms with E-state index in [0.717, 1.165) is 0 Å². The van der Waals surface area contributed by atoms with Gasteiger partial charge in [-0.2, -0.15) is 4.31 Å². The van der Waals surface area contributed by atoms with Gasteiger partial charge in [-0.25, -0.2) is 8.42 Å². The van der Waals surface area contributed by atoms with Crippen LogP contribution in [0.25, 0.3) is 0 Å². The average molecular weight is 443 g/mol. The lowest BCUT2D eigenvalue weighted by atomic mass is 10.2. The summed E-state index contributed by atoms with van der Waals surface area (Å²) in [6.45, 7) is 2.71. The van der Waals surface area contributed by atoms with Crippen molar-refractivity contribution in [1.82, 2.24) is 9.21 Å². The van der Waals surface area contributed by atoms with Crippen molar-refractivity contribution in [1.29, 1.82) is 0 Å². The van der Waals surface area contributed by atoms with E-state index in [1.807, 2.05) is 0 Å². The molecule has 1 amide bonds. The fourth-order valence-electron chi connectivity index (χ4n) is 3.00. The van der Waals surface area contributed by atoms with Gasteiger partial charge in [-0.1, -0.05) is 41.4 Å². The molecule has 1 fully saturated rings. The Balaban J connectivity index is 1.60. The van der Waals surface area contributed by atoms with Gasteiger partial charge in [0.2, 0.25) is 10.0 Å². The van der Waals surface area contributed by atoms with E-state index in [0.29, 0.717) is 28.9 Å². The molecule has 0 saturated carbocycles. The number of rotatable bonds is 5. The first kappa shape index (κ1) is 20.9. The van der Waals surface area contributed by atoms with Gasteiger partial charge in [0, 0.05) is 36.2 Å². The van der Waals surface area contributed by atoms with Crippen molar-refractivity contribution in [2.75, 3.05) is 26.2 Å². The SMILES string of the molecule is CC(Oc1cc(Cl)cc(Cl)c1)C(=O)N1CCN(S(=O)(=O)c2ccccc2)CC1. The number of piperazine rings is 1. The van der Waals surface area contributed by atoms with E-state index < -0.39 is 16.1 Å². The van der Waals surface area contributed by atoms with Gasteiger partial charge in [-0.05, 0) is 37.3 Å². The van der Waals surface area contributed by atoms with E-state index in [1.165, 1.54) is 4.31 Å². The summed E-state index contributed by atoms with van der Waals surface area (Å²) in [6, 6.07) is 13.0. The van der Waals surface area contributed by atoms with Crippen LogP contribution >= 0.6 is 23.2 Å². The zero-order valence-corrected chi connectivity index (χ0v) is 17.5. The minimum atomic E-state index is -3.55. The van der Waals surface area contributed by atoms with Gasteiger partial charge in [0.05, 0.1) is 4.90 Å². The van der Waals surface area contributed by atoms with Crippen LogP contribution < -0.4 is 4.74 Å². The summed E-state index contributed by atoms with van der Waals surface area (Å²) >= 11 is 11.9. The predicted molar refractivity (Wildman–Crippen MR) is 108 cm³/mol. The van der Waals surface area contributed by atoms with Gasteiger partial charge in [0.15, 0.2) is 6.10 Å². The number of halogens is 2. The first-order valence-electron chi connectivity index (χ1n) is 8.74. The van der Waals surface area contributed by atoms with Crippen molar-refractivity contribution in [2.45, 2.75) is 17.9 Å². The van der Waals surface area contributed by atoms with Crippen LogP contribution in [0.1, 0.15) is 6.92 Å². The molecule has 1 atom stereocenters. The number of benzene rings is 2. The monoisotopic (exact) mass is 442 g/mol. The van der Waals surface area contributed by atoms with E-state index in [2.05, 4.69) is 0 Å². The highest BCUT2D eigenvalue weighted by molar-refractivity contribution is 7.89. The highest BCUT2D eigenvalue weighted by Crippen LogP contribution is 2.25. The summed E-state index contributed by atoms with van der Waals surface area (Å²) in [7, 11) is -3.55. The highest BCUT2D eigenvalue weighted by atomic mass is 35.5. The molecule has 0 N–H and O–H groups in total. The van der Waals surface area contributed by atoms with Crippen molar-refractivity contribution < 1.29 is 17.9 Å². The summed E-state index contributed by atoms with van der Waals surface area (Å²) < 4.78 is 32.4. The maximum absolute atomic E-state index is 12.7. The lowest BCUT2D eigenvalue weighted by Crippen LogP contribution is -2.53. The molecule has 1 saturated heterocycles. The molecular formula is C19H20Cl2N2O4S. The molecule has 28 heavy (non-hydrogen) atoms. The van der Waals surface area contributed by atoms with E-state index in [1.54, 1.807) is 60.4 Å². The zero-order chi connectivity index (χ0) is 20.3. The number of hydrogen-bond donors (Lipinski definition) is 0.